The van der Waals surface area contributed by atoms with Crippen LogP contribution >= 0.6 is 0 Å². The number of hydrogen-bond donors (Lipinski definition) is 1. The van der Waals surface area contributed by atoms with E-state index in [0.29, 0.717) is 12.2 Å². The van der Waals surface area contributed by atoms with Gasteiger partial charge >= 0.3 is 12.1 Å². The average molecular weight is 286 g/mol. The van der Waals surface area contributed by atoms with Gasteiger partial charge in [0.2, 0.25) is 0 Å². The predicted octanol–water partition coefficient (Wildman–Crippen LogP) is 2.17. The quantitative estimate of drug-likeness (QED) is 0.936. The van der Waals surface area contributed by atoms with Crippen LogP contribution in [-0.4, -0.2) is 30.1 Å². The van der Waals surface area contributed by atoms with Crippen LogP contribution in [0.5, 0.6) is 5.75 Å². The molecule has 0 fully saturated rings. The first-order valence-electron chi connectivity index (χ1n) is 5.90. The molecule has 0 aliphatic rings. The van der Waals surface area contributed by atoms with Gasteiger partial charge in [-0.1, -0.05) is 0 Å². The molecule has 0 aliphatic heterocycles. The zero-order chi connectivity index (χ0) is 14.8. The lowest BCUT2D eigenvalue weighted by molar-refractivity contribution is -0.173. The largest absolute Gasteiger partial charge is 0.497 e. The molecule has 0 unspecified atom stereocenters. The Kier molecular flexibility index (Phi) is 3.87. The Morgan fingerprint density at radius 2 is 2.05 bits per heavy atom. The number of nitrogens with zero attached hydrogens (tertiary/aromatic N) is 1. The van der Waals surface area contributed by atoms with E-state index in [1.54, 1.807) is 30.6 Å². The van der Waals surface area contributed by atoms with Crippen molar-refractivity contribution in [2.24, 2.45) is 0 Å². The van der Waals surface area contributed by atoms with Crippen LogP contribution in [0.15, 0.2) is 30.6 Å². The first kappa shape index (κ1) is 14.2. The lowest BCUT2D eigenvalue weighted by Gasteiger charge is -2.07. The van der Waals surface area contributed by atoms with E-state index in [4.69, 9.17) is 4.74 Å². The summed E-state index contributed by atoms with van der Waals surface area (Å²) in [5, 5.41) is 1.85. The number of hydrogen-bond acceptors (Lipinski definition) is 2. The Bertz CT molecular complexity index is 620. The summed E-state index contributed by atoms with van der Waals surface area (Å²) in [7, 11) is 1.54. The number of aromatic nitrogens is 1. The zero-order valence-electron chi connectivity index (χ0n) is 10.7. The van der Waals surface area contributed by atoms with Crippen molar-refractivity contribution in [3.8, 4) is 5.75 Å². The SMILES string of the molecule is COc1ccn2ccc(CCNC(=O)C(F)(F)F)c2c1. The fourth-order valence-corrected chi connectivity index (χ4v) is 1.88. The summed E-state index contributed by atoms with van der Waals surface area (Å²) in [6, 6.07) is 5.37. The minimum atomic E-state index is -4.84. The topological polar surface area (TPSA) is 42.7 Å². The zero-order valence-corrected chi connectivity index (χ0v) is 10.7. The number of halogens is 3. The third kappa shape index (κ3) is 3.04. The molecule has 4 nitrogen and oxygen atoms in total. The van der Waals surface area contributed by atoms with Gasteiger partial charge in [-0.25, -0.2) is 0 Å². The van der Waals surface area contributed by atoms with E-state index < -0.39 is 12.1 Å². The molecule has 0 saturated heterocycles. The number of fused-ring (bicyclic) bond motifs is 1. The maximum absolute atomic E-state index is 12.0. The summed E-state index contributed by atoms with van der Waals surface area (Å²) in [5.74, 6) is -1.25. The molecule has 2 aromatic rings. The van der Waals surface area contributed by atoms with Gasteiger partial charge in [-0.15, -0.1) is 0 Å². The molecule has 20 heavy (non-hydrogen) atoms. The molecule has 2 rings (SSSR count). The van der Waals surface area contributed by atoms with Gasteiger partial charge in [-0.3, -0.25) is 4.79 Å². The third-order valence-electron chi connectivity index (χ3n) is 2.89. The lowest BCUT2D eigenvalue weighted by Crippen LogP contribution is -2.37. The standard InChI is InChI=1S/C13H13F3N2O2/c1-20-10-4-7-18-6-3-9(11(18)8-10)2-5-17-12(19)13(14,15)16/h3-4,6-8H,2,5H2,1H3,(H,17,19). The highest BCUT2D eigenvalue weighted by atomic mass is 19.4. The molecule has 0 bridgehead atoms. The highest BCUT2D eigenvalue weighted by Gasteiger charge is 2.38. The van der Waals surface area contributed by atoms with E-state index in [-0.39, 0.29) is 6.54 Å². The van der Waals surface area contributed by atoms with Crippen molar-refractivity contribution in [3.05, 3.63) is 36.2 Å². The maximum Gasteiger partial charge on any atom is 0.471 e. The van der Waals surface area contributed by atoms with Gasteiger partial charge in [-0.2, -0.15) is 13.2 Å². The van der Waals surface area contributed by atoms with Gasteiger partial charge in [0, 0.05) is 25.0 Å². The molecule has 0 aliphatic carbocycles. The fourth-order valence-electron chi connectivity index (χ4n) is 1.88. The van der Waals surface area contributed by atoms with E-state index in [9.17, 15) is 18.0 Å². The predicted molar refractivity (Wildman–Crippen MR) is 66.7 cm³/mol. The van der Waals surface area contributed by atoms with Crippen molar-refractivity contribution in [3.63, 3.8) is 0 Å². The van der Waals surface area contributed by atoms with Crippen LogP contribution in [0.1, 0.15) is 5.56 Å². The second-order valence-electron chi connectivity index (χ2n) is 4.20. The molecule has 1 amide bonds. The first-order valence-corrected chi connectivity index (χ1v) is 5.90. The number of pyridine rings is 1. The maximum atomic E-state index is 12.0. The molecule has 0 spiro atoms. The van der Waals surface area contributed by atoms with Crippen LogP contribution in [-0.2, 0) is 11.2 Å². The van der Waals surface area contributed by atoms with Gasteiger partial charge in [-0.05, 0) is 24.1 Å². The highest BCUT2D eigenvalue weighted by molar-refractivity contribution is 5.81. The van der Waals surface area contributed by atoms with Crippen LogP contribution in [0.3, 0.4) is 0 Å². The summed E-state index contributed by atoms with van der Waals surface area (Å²) >= 11 is 0. The summed E-state index contributed by atoms with van der Waals surface area (Å²) in [6.45, 7) is -0.0742. The Morgan fingerprint density at radius 1 is 1.35 bits per heavy atom. The number of ether oxygens (including phenoxy) is 1. The molecule has 7 heteroatoms. The molecule has 108 valence electrons. The summed E-state index contributed by atoms with van der Waals surface area (Å²) in [6.07, 6.45) is -0.931. The summed E-state index contributed by atoms with van der Waals surface area (Å²) < 4.78 is 43.0. The molecule has 1 N–H and O–H groups in total. The van der Waals surface area contributed by atoms with Gasteiger partial charge in [0.1, 0.15) is 5.75 Å². The van der Waals surface area contributed by atoms with E-state index in [1.807, 2.05) is 9.72 Å². The molecular weight excluding hydrogens is 273 g/mol. The number of nitrogens with one attached hydrogen (secondary N) is 1. The number of carbonyl (C=O) groups is 1. The normalized spacial score (nSPS) is 11.6. The van der Waals surface area contributed by atoms with Crippen molar-refractivity contribution in [1.82, 2.24) is 9.72 Å². The van der Waals surface area contributed by atoms with Crippen molar-refractivity contribution in [2.75, 3.05) is 13.7 Å². The third-order valence-corrected chi connectivity index (χ3v) is 2.89. The number of methoxy groups -OCH3 is 1. The van der Waals surface area contributed by atoms with Crippen molar-refractivity contribution >= 4 is 11.4 Å². The van der Waals surface area contributed by atoms with Crippen LogP contribution in [0.25, 0.3) is 5.52 Å². The molecular formula is C13H13F3N2O2. The Balaban J connectivity index is 2.05. The first-order chi connectivity index (χ1) is 9.41. The minimum Gasteiger partial charge on any atom is -0.497 e. The van der Waals surface area contributed by atoms with Crippen molar-refractivity contribution < 1.29 is 22.7 Å². The van der Waals surface area contributed by atoms with E-state index >= 15 is 0 Å². The van der Waals surface area contributed by atoms with Crippen LogP contribution in [0.2, 0.25) is 0 Å². The highest BCUT2D eigenvalue weighted by Crippen LogP contribution is 2.19. The number of amides is 1. The number of rotatable bonds is 4. The second-order valence-corrected chi connectivity index (χ2v) is 4.20. The number of alkyl halides is 3. The lowest BCUT2D eigenvalue weighted by atomic mass is 10.2. The smallest absolute Gasteiger partial charge is 0.471 e. The van der Waals surface area contributed by atoms with E-state index in [2.05, 4.69) is 0 Å². The molecule has 2 heterocycles. The fraction of sp³-hybridized carbons (Fsp3) is 0.308. The molecule has 0 aromatic carbocycles. The molecule has 0 saturated carbocycles. The minimum absolute atomic E-state index is 0.0742. The average Bonchev–Trinajstić information content (AvgIpc) is 2.80. The van der Waals surface area contributed by atoms with Gasteiger partial charge in [0.25, 0.3) is 0 Å². The summed E-state index contributed by atoms with van der Waals surface area (Å²) in [4.78, 5) is 10.7. The Morgan fingerprint density at radius 3 is 2.70 bits per heavy atom. The van der Waals surface area contributed by atoms with E-state index in [1.165, 1.54) is 7.11 Å². The van der Waals surface area contributed by atoms with Crippen LogP contribution < -0.4 is 10.1 Å². The molecule has 0 radical (unpaired) electrons. The van der Waals surface area contributed by atoms with E-state index in [0.717, 1.165) is 11.1 Å². The molecule has 0 atom stereocenters. The Hall–Kier alpha value is -2.18. The van der Waals surface area contributed by atoms with Crippen LogP contribution in [0, 0.1) is 0 Å². The van der Waals surface area contributed by atoms with Gasteiger partial charge < -0.3 is 14.5 Å². The van der Waals surface area contributed by atoms with Crippen molar-refractivity contribution in [1.29, 1.82) is 0 Å². The molecule has 2 aromatic heterocycles. The van der Waals surface area contributed by atoms with Crippen LogP contribution in [0.4, 0.5) is 13.2 Å². The second kappa shape index (κ2) is 5.44. The summed E-state index contributed by atoms with van der Waals surface area (Å²) in [5.41, 5.74) is 1.68. The Labute approximate surface area is 113 Å². The van der Waals surface area contributed by atoms with Gasteiger partial charge in [0.15, 0.2) is 0 Å². The van der Waals surface area contributed by atoms with Gasteiger partial charge in [0.05, 0.1) is 12.6 Å². The number of carbonyl (C=O) groups excluding carboxylic acids is 1. The van der Waals surface area contributed by atoms with Crippen molar-refractivity contribution in [2.45, 2.75) is 12.6 Å². The monoisotopic (exact) mass is 286 g/mol.